The van der Waals surface area contributed by atoms with Crippen LogP contribution in [0, 0.1) is 0 Å². The number of nitrogens with zero attached hydrogens (tertiary/aromatic N) is 1. The van der Waals surface area contributed by atoms with Crippen LogP contribution in [0.25, 0.3) is 10.9 Å². The molecule has 6 nitrogen and oxygen atoms in total. The summed E-state index contributed by atoms with van der Waals surface area (Å²) in [5, 5.41) is 15.0. The van der Waals surface area contributed by atoms with Gasteiger partial charge < -0.3 is 15.7 Å². The number of benzene rings is 1. The Bertz CT molecular complexity index is 652. The number of fused-ring (bicyclic) bond motifs is 1. The number of rotatable bonds is 5. The van der Waals surface area contributed by atoms with Crippen LogP contribution in [0.3, 0.4) is 0 Å². The van der Waals surface area contributed by atoms with E-state index in [1.165, 1.54) is 0 Å². The van der Waals surface area contributed by atoms with Gasteiger partial charge in [-0.05, 0) is 30.7 Å². The van der Waals surface area contributed by atoms with Gasteiger partial charge in [0.25, 0.3) is 0 Å². The molecule has 110 valence electrons. The molecule has 2 aromatic rings. The number of carboxylic acid groups (broad SMARTS) is 1. The molecule has 2 amide bonds. The van der Waals surface area contributed by atoms with Crippen LogP contribution in [0.2, 0.25) is 0 Å². The molecular formula is C15H17N3O3. The summed E-state index contributed by atoms with van der Waals surface area (Å²) >= 11 is 0. The molecule has 0 fully saturated rings. The summed E-state index contributed by atoms with van der Waals surface area (Å²) in [4.78, 5) is 27.2. The highest BCUT2D eigenvalue weighted by atomic mass is 16.4. The number of pyridine rings is 1. The molecule has 2 rings (SSSR count). The predicted molar refractivity (Wildman–Crippen MR) is 80.2 cm³/mol. The fourth-order valence-electron chi connectivity index (χ4n) is 2.08. The van der Waals surface area contributed by atoms with Crippen LogP contribution in [0.4, 0.5) is 10.5 Å². The van der Waals surface area contributed by atoms with E-state index in [9.17, 15) is 9.59 Å². The number of nitrogens with one attached hydrogen (secondary N) is 2. The molecular weight excluding hydrogens is 270 g/mol. The summed E-state index contributed by atoms with van der Waals surface area (Å²) in [6, 6.07) is 7.58. The molecule has 1 atom stereocenters. The van der Waals surface area contributed by atoms with Gasteiger partial charge in [-0.3, -0.25) is 4.98 Å². The largest absolute Gasteiger partial charge is 0.480 e. The Kier molecular flexibility index (Phi) is 4.71. The van der Waals surface area contributed by atoms with Crippen LogP contribution in [0.5, 0.6) is 0 Å². The lowest BCUT2D eigenvalue weighted by molar-refractivity contribution is -0.139. The highest BCUT2D eigenvalue weighted by Gasteiger charge is 2.18. The minimum atomic E-state index is -1.04. The first-order chi connectivity index (χ1) is 10.1. The number of aromatic nitrogens is 1. The maximum Gasteiger partial charge on any atom is 0.326 e. The number of aliphatic carboxylic acids is 1. The molecule has 1 unspecified atom stereocenters. The summed E-state index contributed by atoms with van der Waals surface area (Å²) < 4.78 is 0. The number of carbonyl (C=O) groups is 2. The highest BCUT2D eigenvalue weighted by Crippen LogP contribution is 2.21. The highest BCUT2D eigenvalue weighted by molar-refractivity contribution is 6.01. The van der Waals surface area contributed by atoms with Gasteiger partial charge in [-0.2, -0.15) is 0 Å². The van der Waals surface area contributed by atoms with Crippen LogP contribution >= 0.6 is 0 Å². The zero-order valence-corrected chi connectivity index (χ0v) is 11.7. The van der Waals surface area contributed by atoms with E-state index >= 15 is 0 Å². The van der Waals surface area contributed by atoms with Crippen molar-refractivity contribution in [3.8, 4) is 0 Å². The maximum atomic E-state index is 11.9. The van der Waals surface area contributed by atoms with E-state index in [0.717, 1.165) is 10.9 Å². The van der Waals surface area contributed by atoms with Gasteiger partial charge in [0.2, 0.25) is 0 Å². The molecule has 0 aliphatic carbocycles. The van der Waals surface area contributed by atoms with Gasteiger partial charge in [0.15, 0.2) is 0 Å². The SMILES string of the molecule is CCCC(NC(=O)Nc1cccc2ncccc12)C(=O)O. The predicted octanol–water partition coefficient (Wildman–Crippen LogP) is 2.61. The Morgan fingerprint density at radius 1 is 1.29 bits per heavy atom. The minimum absolute atomic E-state index is 0.389. The Hall–Kier alpha value is -2.63. The molecule has 3 N–H and O–H groups in total. The second kappa shape index (κ2) is 6.69. The van der Waals surface area contributed by atoms with Crippen LogP contribution in [0.15, 0.2) is 36.5 Å². The summed E-state index contributed by atoms with van der Waals surface area (Å²) in [6.45, 7) is 1.87. The van der Waals surface area contributed by atoms with Crippen molar-refractivity contribution in [2.24, 2.45) is 0 Å². The van der Waals surface area contributed by atoms with Crippen LogP contribution in [-0.2, 0) is 4.79 Å². The molecule has 1 aromatic heterocycles. The average molecular weight is 287 g/mol. The molecule has 0 bridgehead atoms. The van der Waals surface area contributed by atoms with E-state index in [1.54, 1.807) is 24.4 Å². The van der Waals surface area contributed by atoms with Gasteiger partial charge >= 0.3 is 12.0 Å². The molecule has 0 radical (unpaired) electrons. The maximum absolute atomic E-state index is 11.9. The number of amides is 2. The first-order valence-electron chi connectivity index (χ1n) is 6.76. The Morgan fingerprint density at radius 2 is 2.10 bits per heavy atom. The first-order valence-corrected chi connectivity index (χ1v) is 6.76. The Labute approximate surface area is 122 Å². The lowest BCUT2D eigenvalue weighted by Crippen LogP contribution is -2.42. The summed E-state index contributed by atoms with van der Waals surface area (Å²) in [6.07, 6.45) is 2.74. The van der Waals surface area contributed by atoms with Crippen LogP contribution in [0.1, 0.15) is 19.8 Å². The van der Waals surface area contributed by atoms with E-state index in [2.05, 4.69) is 15.6 Å². The summed E-state index contributed by atoms with van der Waals surface area (Å²) in [7, 11) is 0. The van der Waals surface area contributed by atoms with Gasteiger partial charge in [0.05, 0.1) is 11.2 Å². The third-order valence-electron chi connectivity index (χ3n) is 3.07. The molecule has 21 heavy (non-hydrogen) atoms. The molecule has 1 heterocycles. The number of carbonyl (C=O) groups excluding carboxylic acids is 1. The van der Waals surface area contributed by atoms with Crippen molar-refractivity contribution in [3.63, 3.8) is 0 Å². The smallest absolute Gasteiger partial charge is 0.326 e. The van der Waals surface area contributed by atoms with Gasteiger partial charge in [-0.1, -0.05) is 19.4 Å². The molecule has 0 aliphatic rings. The lowest BCUT2D eigenvalue weighted by Gasteiger charge is -2.15. The normalized spacial score (nSPS) is 11.9. The second-order valence-electron chi connectivity index (χ2n) is 4.65. The fourth-order valence-corrected chi connectivity index (χ4v) is 2.08. The Morgan fingerprint density at radius 3 is 2.81 bits per heavy atom. The molecule has 0 spiro atoms. The van der Waals surface area contributed by atoms with Crippen molar-refractivity contribution in [1.82, 2.24) is 10.3 Å². The second-order valence-corrected chi connectivity index (χ2v) is 4.65. The number of urea groups is 1. The zero-order chi connectivity index (χ0) is 15.2. The molecule has 0 saturated heterocycles. The molecule has 0 aliphatic heterocycles. The first kappa shape index (κ1) is 14.8. The van der Waals surface area contributed by atoms with E-state index in [4.69, 9.17) is 5.11 Å². The number of hydrogen-bond acceptors (Lipinski definition) is 3. The standard InChI is InChI=1S/C15H17N3O3/c1-2-5-13(14(19)20)18-15(21)17-12-8-3-7-11-10(12)6-4-9-16-11/h3-4,6-9,13H,2,5H2,1H3,(H,19,20)(H2,17,18,21). The van der Waals surface area contributed by atoms with Crippen molar-refractivity contribution < 1.29 is 14.7 Å². The van der Waals surface area contributed by atoms with E-state index in [1.807, 2.05) is 19.1 Å². The van der Waals surface area contributed by atoms with Gasteiger partial charge in [0.1, 0.15) is 6.04 Å². The van der Waals surface area contributed by atoms with Gasteiger partial charge in [-0.15, -0.1) is 0 Å². The monoisotopic (exact) mass is 287 g/mol. The Balaban J connectivity index is 2.13. The number of carboxylic acids is 1. The van der Waals surface area contributed by atoms with E-state index in [0.29, 0.717) is 18.5 Å². The molecule has 0 saturated carbocycles. The third-order valence-corrected chi connectivity index (χ3v) is 3.07. The lowest BCUT2D eigenvalue weighted by atomic mass is 10.1. The van der Waals surface area contributed by atoms with Crippen LogP contribution < -0.4 is 10.6 Å². The van der Waals surface area contributed by atoms with E-state index < -0.39 is 18.0 Å². The van der Waals surface area contributed by atoms with Crippen molar-refractivity contribution in [3.05, 3.63) is 36.5 Å². The minimum Gasteiger partial charge on any atom is -0.480 e. The van der Waals surface area contributed by atoms with Crippen molar-refractivity contribution in [2.75, 3.05) is 5.32 Å². The average Bonchev–Trinajstić information content (AvgIpc) is 2.47. The third kappa shape index (κ3) is 3.68. The van der Waals surface area contributed by atoms with Crippen molar-refractivity contribution in [1.29, 1.82) is 0 Å². The number of anilines is 1. The molecule has 1 aromatic carbocycles. The van der Waals surface area contributed by atoms with E-state index in [-0.39, 0.29) is 0 Å². The topological polar surface area (TPSA) is 91.3 Å². The summed E-state index contributed by atoms with van der Waals surface area (Å²) in [5.41, 5.74) is 1.36. The molecule has 6 heteroatoms. The quantitative estimate of drug-likeness (QED) is 0.788. The summed E-state index contributed by atoms with van der Waals surface area (Å²) in [5.74, 6) is -1.04. The van der Waals surface area contributed by atoms with Crippen molar-refractivity contribution >= 4 is 28.6 Å². The van der Waals surface area contributed by atoms with Gasteiger partial charge in [-0.25, -0.2) is 9.59 Å². The fraction of sp³-hybridized carbons (Fsp3) is 0.267. The van der Waals surface area contributed by atoms with Crippen LogP contribution in [-0.4, -0.2) is 28.1 Å². The van der Waals surface area contributed by atoms with Crippen molar-refractivity contribution in [2.45, 2.75) is 25.8 Å². The van der Waals surface area contributed by atoms with Gasteiger partial charge in [0, 0.05) is 11.6 Å². The zero-order valence-electron chi connectivity index (χ0n) is 11.7. The number of hydrogen-bond donors (Lipinski definition) is 3.